The number of thioether (sulfide) groups is 1. The van der Waals surface area contributed by atoms with Gasteiger partial charge in [-0.25, -0.2) is 0 Å². The smallest absolute Gasteiger partial charge is 0.282 e. The molecule has 1 aliphatic rings. The number of hydrogen-bond acceptors (Lipinski definition) is 5. The molecule has 1 heterocycles. The summed E-state index contributed by atoms with van der Waals surface area (Å²) >= 11 is 1.81. The second-order valence-electron chi connectivity index (χ2n) is 4.78. The largest absolute Gasteiger partial charge is 0.385 e. The van der Waals surface area contributed by atoms with Gasteiger partial charge < -0.3 is 10.2 Å². The Morgan fingerprint density at radius 2 is 2.24 bits per heavy atom. The number of carbonyl (C=O) groups is 1. The maximum absolute atomic E-state index is 12.6. The monoisotopic (exact) mass is 309 g/mol. The van der Waals surface area contributed by atoms with Gasteiger partial charge in [0, 0.05) is 37.1 Å². The predicted molar refractivity (Wildman–Crippen MR) is 85.1 cm³/mol. The van der Waals surface area contributed by atoms with Gasteiger partial charge in [-0.2, -0.15) is 11.8 Å². The standard InChI is InChI=1S/C14H19N3O3S/c1-2-15-11-4-5-13(17(19)20)12(10-11)14(18)16-6-3-8-21-9-7-16/h4-5,10,15H,2-3,6-9H2,1H3. The second-order valence-corrected chi connectivity index (χ2v) is 6.00. The van der Waals surface area contributed by atoms with Crippen molar-refractivity contribution in [2.24, 2.45) is 0 Å². The van der Waals surface area contributed by atoms with Crippen molar-refractivity contribution in [3.8, 4) is 0 Å². The maximum atomic E-state index is 12.6. The molecule has 0 aliphatic carbocycles. The van der Waals surface area contributed by atoms with Crippen LogP contribution in [0.3, 0.4) is 0 Å². The van der Waals surface area contributed by atoms with E-state index in [1.165, 1.54) is 6.07 Å². The summed E-state index contributed by atoms with van der Waals surface area (Å²) in [5.41, 5.74) is 0.777. The molecule has 0 aromatic heterocycles. The Bertz CT molecular complexity index is 528. The fourth-order valence-electron chi connectivity index (χ4n) is 2.30. The lowest BCUT2D eigenvalue weighted by atomic mass is 10.1. The van der Waals surface area contributed by atoms with E-state index in [0.717, 1.165) is 23.6 Å². The summed E-state index contributed by atoms with van der Waals surface area (Å²) in [6.45, 7) is 3.95. The molecule has 6 nitrogen and oxygen atoms in total. The van der Waals surface area contributed by atoms with Crippen LogP contribution in [0.15, 0.2) is 18.2 Å². The van der Waals surface area contributed by atoms with Crippen molar-refractivity contribution in [3.05, 3.63) is 33.9 Å². The SMILES string of the molecule is CCNc1ccc([N+](=O)[O-])c(C(=O)N2CCCSCC2)c1. The summed E-state index contributed by atoms with van der Waals surface area (Å²) in [7, 11) is 0. The molecule has 7 heteroatoms. The number of amides is 1. The van der Waals surface area contributed by atoms with Crippen LogP contribution < -0.4 is 5.32 Å². The highest BCUT2D eigenvalue weighted by atomic mass is 32.2. The summed E-state index contributed by atoms with van der Waals surface area (Å²) in [6.07, 6.45) is 0.928. The normalized spacial score (nSPS) is 15.4. The second kappa shape index (κ2) is 7.31. The molecular weight excluding hydrogens is 290 g/mol. The van der Waals surface area contributed by atoms with Gasteiger partial charge in [-0.05, 0) is 31.2 Å². The molecule has 21 heavy (non-hydrogen) atoms. The van der Waals surface area contributed by atoms with Crippen molar-refractivity contribution in [1.29, 1.82) is 0 Å². The highest BCUT2D eigenvalue weighted by Gasteiger charge is 2.25. The van der Waals surface area contributed by atoms with Gasteiger partial charge >= 0.3 is 0 Å². The summed E-state index contributed by atoms with van der Waals surface area (Å²) < 4.78 is 0. The Morgan fingerprint density at radius 3 is 2.95 bits per heavy atom. The fourth-order valence-corrected chi connectivity index (χ4v) is 3.19. The van der Waals surface area contributed by atoms with Crippen LogP contribution in [0.2, 0.25) is 0 Å². The van der Waals surface area contributed by atoms with Gasteiger partial charge in [-0.3, -0.25) is 14.9 Å². The molecule has 0 radical (unpaired) electrons. The molecule has 1 amide bonds. The van der Waals surface area contributed by atoms with Crippen LogP contribution in [0.5, 0.6) is 0 Å². The third-order valence-corrected chi connectivity index (χ3v) is 4.36. The van der Waals surface area contributed by atoms with Gasteiger partial charge in [-0.1, -0.05) is 0 Å². The molecule has 1 N–H and O–H groups in total. The lowest BCUT2D eigenvalue weighted by molar-refractivity contribution is -0.385. The van der Waals surface area contributed by atoms with Gasteiger partial charge in [0.25, 0.3) is 11.6 Å². The number of nitrogens with one attached hydrogen (secondary N) is 1. The molecule has 0 spiro atoms. The first-order chi connectivity index (χ1) is 10.1. The Morgan fingerprint density at radius 1 is 1.43 bits per heavy atom. The average molecular weight is 309 g/mol. The van der Waals surface area contributed by atoms with Gasteiger partial charge in [0.05, 0.1) is 4.92 Å². The maximum Gasteiger partial charge on any atom is 0.282 e. The molecule has 1 fully saturated rings. The van der Waals surface area contributed by atoms with Crippen LogP contribution in [-0.2, 0) is 0 Å². The quantitative estimate of drug-likeness (QED) is 0.683. The minimum atomic E-state index is -0.491. The first-order valence-electron chi connectivity index (χ1n) is 7.02. The van der Waals surface area contributed by atoms with E-state index in [9.17, 15) is 14.9 Å². The number of nitro groups is 1. The average Bonchev–Trinajstić information content (AvgIpc) is 2.75. The van der Waals surface area contributed by atoms with E-state index in [1.807, 2.05) is 18.7 Å². The van der Waals surface area contributed by atoms with E-state index in [0.29, 0.717) is 19.6 Å². The first kappa shape index (κ1) is 15.6. The van der Waals surface area contributed by atoms with E-state index in [1.54, 1.807) is 17.0 Å². The predicted octanol–water partition coefficient (Wildman–Crippen LogP) is 2.61. The molecule has 2 rings (SSSR count). The van der Waals surface area contributed by atoms with E-state index in [-0.39, 0.29) is 17.2 Å². The van der Waals surface area contributed by atoms with E-state index in [2.05, 4.69) is 5.32 Å². The van der Waals surface area contributed by atoms with Crippen molar-refractivity contribution >= 4 is 29.0 Å². The van der Waals surface area contributed by atoms with Gasteiger partial charge in [-0.15, -0.1) is 0 Å². The van der Waals surface area contributed by atoms with Gasteiger partial charge in [0.1, 0.15) is 5.56 Å². The molecule has 114 valence electrons. The molecule has 0 saturated carbocycles. The topological polar surface area (TPSA) is 75.5 Å². The van der Waals surface area contributed by atoms with Crippen LogP contribution in [0.25, 0.3) is 0 Å². The number of benzene rings is 1. The number of rotatable bonds is 4. The van der Waals surface area contributed by atoms with E-state index < -0.39 is 4.92 Å². The zero-order valence-electron chi connectivity index (χ0n) is 12.0. The lowest BCUT2D eigenvalue weighted by Crippen LogP contribution is -2.33. The van der Waals surface area contributed by atoms with Crippen molar-refractivity contribution in [2.45, 2.75) is 13.3 Å². The molecular formula is C14H19N3O3S. The summed E-state index contributed by atoms with van der Waals surface area (Å²) in [5.74, 6) is 1.67. The van der Waals surface area contributed by atoms with Crippen molar-refractivity contribution in [2.75, 3.05) is 36.5 Å². The van der Waals surface area contributed by atoms with Crippen molar-refractivity contribution in [1.82, 2.24) is 4.90 Å². The zero-order valence-corrected chi connectivity index (χ0v) is 12.8. The molecule has 0 atom stereocenters. The van der Waals surface area contributed by atoms with Crippen LogP contribution >= 0.6 is 11.8 Å². The van der Waals surface area contributed by atoms with Gasteiger partial charge in [0.2, 0.25) is 0 Å². The van der Waals surface area contributed by atoms with Crippen molar-refractivity contribution in [3.63, 3.8) is 0 Å². The highest BCUT2D eigenvalue weighted by Crippen LogP contribution is 2.25. The minimum absolute atomic E-state index is 0.126. The summed E-state index contributed by atoms with van der Waals surface area (Å²) in [5, 5.41) is 14.2. The number of hydrogen-bond donors (Lipinski definition) is 1. The molecule has 1 saturated heterocycles. The third kappa shape index (κ3) is 3.87. The molecule has 1 aromatic rings. The van der Waals surface area contributed by atoms with E-state index in [4.69, 9.17) is 0 Å². The molecule has 0 unspecified atom stereocenters. The number of anilines is 1. The highest BCUT2D eigenvalue weighted by molar-refractivity contribution is 7.99. The number of nitrogens with zero attached hydrogens (tertiary/aromatic N) is 2. The zero-order chi connectivity index (χ0) is 15.2. The Labute approximate surface area is 128 Å². The third-order valence-electron chi connectivity index (χ3n) is 3.31. The van der Waals surface area contributed by atoms with Crippen LogP contribution in [0, 0.1) is 10.1 Å². The molecule has 1 aromatic carbocycles. The van der Waals surface area contributed by atoms with Crippen molar-refractivity contribution < 1.29 is 9.72 Å². The minimum Gasteiger partial charge on any atom is -0.385 e. The molecule has 1 aliphatic heterocycles. The fraction of sp³-hybridized carbons (Fsp3) is 0.500. The van der Waals surface area contributed by atoms with Crippen LogP contribution in [0.1, 0.15) is 23.7 Å². The van der Waals surface area contributed by atoms with E-state index >= 15 is 0 Å². The summed E-state index contributed by atoms with van der Waals surface area (Å²) in [4.78, 5) is 25.0. The number of carbonyl (C=O) groups excluding carboxylic acids is 1. The molecule has 0 bridgehead atoms. The van der Waals surface area contributed by atoms with Crippen LogP contribution in [-0.4, -0.2) is 46.9 Å². The van der Waals surface area contributed by atoms with Crippen LogP contribution in [0.4, 0.5) is 11.4 Å². The Hall–Kier alpha value is -1.76. The summed E-state index contributed by atoms with van der Waals surface area (Å²) in [6, 6.07) is 4.62. The van der Waals surface area contributed by atoms with Gasteiger partial charge in [0.15, 0.2) is 0 Å². The lowest BCUT2D eigenvalue weighted by Gasteiger charge is -2.20. The number of nitro benzene ring substituents is 1. The first-order valence-corrected chi connectivity index (χ1v) is 8.18. The Kier molecular flexibility index (Phi) is 5.44. The Balaban J connectivity index is 2.31.